The normalized spacial score (nSPS) is 21.5. The molecule has 1 saturated carbocycles. The van der Waals surface area contributed by atoms with Gasteiger partial charge < -0.3 is 19.5 Å². The van der Waals surface area contributed by atoms with Crippen LogP contribution in [-0.4, -0.2) is 50.9 Å². The monoisotopic (exact) mass is 424 g/mol. The van der Waals surface area contributed by atoms with Gasteiger partial charge in [-0.3, -0.25) is 9.59 Å². The minimum Gasteiger partial charge on any atom is -0.464 e. The van der Waals surface area contributed by atoms with E-state index < -0.39 is 17.4 Å². The zero-order chi connectivity index (χ0) is 22.0. The predicted octanol–water partition coefficient (Wildman–Crippen LogP) is 2.53. The molecule has 1 fully saturated rings. The average Bonchev–Trinajstić information content (AvgIpc) is 3.21. The fraction of sp³-hybridized carbons (Fsp3) is 0.478. The standard InChI is InChI=1S/C23H28N4O4/c1-23(22(30)25-17-11-7-4-8-12-17)14-26-15-24-18(21(29)31-2)19(26)20(28)27(23)13-16-9-5-3-6-10-16/h3,5-6,9-10,15,17H,4,7-8,11-14H2,1-2H3,(H,25,30)/t23-/m1/s1. The minimum absolute atomic E-state index is 0.0275. The molecular formula is C23H28N4O4. The lowest BCUT2D eigenvalue weighted by Crippen LogP contribution is -2.64. The number of esters is 1. The van der Waals surface area contributed by atoms with Crippen molar-refractivity contribution < 1.29 is 19.1 Å². The highest BCUT2D eigenvalue weighted by Crippen LogP contribution is 2.31. The Kier molecular flexibility index (Phi) is 5.80. The van der Waals surface area contributed by atoms with Gasteiger partial charge >= 0.3 is 5.97 Å². The molecule has 0 radical (unpaired) electrons. The third-order valence-corrected chi connectivity index (χ3v) is 6.35. The highest BCUT2D eigenvalue weighted by atomic mass is 16.5. The number of methoxy groups -OCH3 is 1. The Hall–Kier alpha value is -3.16. The van der Waals surface area contributed by atoms with Crippen LogP contribution in [0.3, 0.4) is 0 Å². The number of imidazole rings is 1. The number of hydrogen-bond acceptors (Lipinski definition) is 5. The Bertz CT molecular complexity index is 981. The van der Waals surface area contributed by atoms with Crippen molar-refractivity contribution in [3.05, 3.63) is 53.6 Å². The van der Waals surface area contributed by atoms with Crippen molar-refractivity contribution in [2.75, 3.05) is 7.11 Å². The quantitative estimate of drug-likeness (QED) is 0.745. The number of nitrogens with one attached hydrogen (secondary N) is 1. The van der Waals surface area contributed by atoms with E-state index in [2.05, 4.69) is 10.3 Å². The van der Waals surface area contributed by atoms with Gasteiger partial charge in [-0.15, -0.1) is 0 Å². The highest BCUT2D eigenvalue weighted by Gasteiger charge is 2.49. The number of benzene rings is 1. The summed E-state index contributed by atoms with van der Waals surface area (Å²) in [4.78, 5) is 45.0. The van der Waals surface area contributed by atoms with E-state index in [1.165, 1.54) is 19.9 Å². The molecule has 1 N–H and O–H groups in total. The Morgan fingerprint density at radius 2 is 1.90 bits per heavy atom. The van der Waals surface area contributed by atoms with Gasteiger partial charge in [0, 0.05) is 12.6 Å². The largest absolute Gasteiger partial charge is 0.464 e. The van der Waals surface area contributed by atoms with Crippen LogP contribution in [-0.2, 0) is 22.6 Å². The fourth-order valence-corrected chi connectivity index (χ4v) is 4.54. The number of rotatable bonds is 5. The summed E-state index contributed by atoms with van der Waals surface area (Å²) in [6, 6.07) is 9.66. The third-order valence-electron chi connectivity index (χ3n) is 6.35. The summed E-state index contributed by atoms with van der Waals surface area (Å²) >= 11 is 0. The van der Waals surface area contributed by atoms with Crippen molar-refractivity contribution in [3.8, 4) is 0 Å². The Morgan fingerprint density at radius 3 is 2.58 bits per heavy atom. The van der Waals surface area contributed by atoms with E-state index in [9.17, 15) is 14.4 Å². The van der Waals surface area contributed by atoms with Crippen LogP contribution in [0.15, 0.2) is 36.7 Å². The molecule has 31 heavy (non-hydrogen) atoms. The number of ether oxygens (including phenoxy) is 1. The molecule has 1 aliphatic heterocycles. The lowest BCUT2D eigenvalue weighted by Gasteiger charge is -2.44. The maximum absolute atomic E-state index is 13.6. The summed E-state index contributed by atoms with van der Waals surface area (Å²) in [5, 5.41) is 3.18. The van der Waals surface area contributed by atoms with Gasteiger partial charge in [-0.2, -0.15) is 0 Å². The van der Waals surface area contributed by atoms with Crippen molar-refractivity contribution in [3.63, 3.8) is 0 Å². The molecule has 4 rings (SSSR count). The zero-order valence-corrected chi connectivity index (χ0v) is 18.0. The number of amides is 2. The lowest BCUT2D eigenvalue weighted by molar-refractivity contribution is -0.134. The second kappa shape index (κ2) is 8.53. The Labute approximate surface area is 181 Å². The highest BCUT2D eigenvalue weighted by molar-refractivity contribution is 6.06. The summed E-state index contributed by atoms with van der Waals surface area (Å²) in [5.41, 5.74) is -0.0861. The molecule has 2 aromatic rings. The van der Waals surface area contributed by atoms with Crippen LogP contribution in [0, 0.1) is 0 Å². The first-order valence-corrected chi connectivity index (χ1v) is 10.7. The molecule has 1 aromatic carbocycles. The zero-order valence-electron chi connectivity index (χ0n) is 18.0. The number of fused-ring (bicyclic) bond motifs is 1. The summed E-state index contributed by atoms with van der Waals surface area (Å²) in [6.07, 6.45) is 6.74. The number of carbonyl (C=O) groups is 3. The SMILES string of the molecule is COC(=O)c1ncn2c1C(=O)N(Cc1ccccc1)[C@@](C)(C(=O)NC1CCCCC1)C2. The van der Waals surface area contributed by atoms with E-state index >= 15 is 0 Å². The number of nitrogens with zero attached hydrogens (tertiary/aromatic N) is 3. The number of carbonyl (C=O) groups excluding carboxylic acids is 3. The van der Waals surface area contributed by atoms with Gasteiger partial charge in [-0.25, -0.2) is 9.78 Å². The van der Waals surface area contributed by atoms with Crippen LogP contribution in [0.25, 0.3) is 0 Å². The average molecular weight is 425 g/mol. The van der Waals surface area contributed by atoms with Crippen molar-refractivity contribution in [2.24, 2.45) is 0 Å². The molecule has 8 heteroatoms. The molecule has 0 bridgehead atoms. The minimum atomic E-state index is -1.12. The summed E-state index contributed by atoms with van der Waals surface area (Å²) in [7, 11) is 1.25. The fourth-order valence-electron chi connectivity index (χ4n) is 4.54. The summed E-state index contributed by atoms with van der Waals surface area (Å²) < 4.78 is 6.39. The van der Waals surface area contributed by atoms with Crippen LogP contribution in [0.1, 0.15) is 65.6 Å². The van der Waals surface area contributed by atoms with E-state index in [0.717, 1.165) is 31.2 Å². The van der Waals surface area contributed by atoms with Crippen molar-refractivity contribution in [1.82, 2.24) is 19.8 Å². The number of hydrogen-bond donors (Lipinski definition) is 1. The van der Waals surface area contributed by atoms with Crippen molar-refractivity contribution >= 4 is 17.8 Å². The first-order valence-electron chi connectivity index (χ1n) is 10.7. The van der Waals surface area contributed by atoms with E-state index in [0.29, 0.717) is 0 Å². The number of aromatic nitrogens is 2. The maximum atomic E-state index is 13.6. The van der Waals surface area contributed by atoms with Gasteiger partial charge in [-0.05, 0) is 25.3 Å². The Balaban J connectivity index is 1.70. The third kappa shape index (κ3) is 3.94. The van der Waals surface area contributed by atoms with Crippen LogP contribution < -0.4 is 5.32 Å². The van der Waals surface area contributed by atoms with Crippen molar-refractivity contribution in [2.45, 2.75) is 63.7 Å². The van der Waals surface area contributed by atoms with Gasteiger partial charge in [0.15, 0.2) is 5.69 Å². The van der Waals surface area contributed by atoms with Crippen LogP contribution in [0.2, 0.25) is 0 Å². The Morgan fingerprint density at radius 1 is 1.19 bits per heavy atom. The predicted molar refractivity (Wildman–Crippen MR) is 113 cm³/mol. The molecule has 1 aliphatic carbocycles. The first kappa shape index (κ1) is 21.1. The van der Waals surface area contributed by atoms with E-state index in [-0.39, 0.29) is 36.4 Å². The molecule has 0 unspecified atom stereocenters. The molecule has 2 aliphatic rings. The molecule has 164 valence electrons. The van der Waals surface area contributed by atoms with Crippen LogP contribution in [0.4, 0.5) is 0 Å². The molecule has 0 spiro atoms. The van der Waals surface area contributed by atoms with Gasteiger partial charge in [-0.1, -0.05) is 49.6 Å². The van der Waals surface area contributed by atoms with E-state index in [1.54, 1.807) is 16.4 Å². The molecular weight excluding hydrogens is 396 g/mol. The van der Waals surface area contributed by atoms with Crippen molar-refractivity contribution in [1.29, 1.82) is 0 Å². The smallest absolute Gasteiger partial charge is 0.359 e. The van der Waals surface area contributed by atoms with Gasteiger partial charge in [0.25, 0.3) is 5.91 Å². The van der Waals surface area contributed by atoms with E-state index in [4.69, 9.17) is 4.74 Å². The maximum Gasteiger partial charge on any atom is 0.359 e. The van der Waals surface area contributed by atoms with Gasteiger partial charge in [0.1, 0.15) is 11.2 Å². The van der Waals surface area contributed by atoms with Crippen LogP contribution in [0.5, 0.6) is 0 Å². The molecule has 0 saturated heterocycles. The van der Waals surface area contributed by atoms with Gasteiger partial charge in [0.2, 0.25) is 5.91 Å². The molecule has 1 atom stereocenters. The van der Waals surface area contributed by atoms with Gasteiger partial charge in [0.05, 0.1) is 20.0 Å². The second-order valence-corrected chi connectivity index (χ2v) is 8.52. The molecule has 1 aromatic heterocycles. The molecule has 8 nitrogen and oxygen atoms in total. The lowest BCUT2D eigenvalue weighted by atomic mass is 9.91. The summed E-state index contributed by atoms with van der Waals surface area (Å²) in [6.45, 7) is 2.25. The van der Waals surface area contributed by atoms with Crippen LogP contribution >= 0.6 is 0 Å². The second-order valence-electron chi connectivity index (χ2n) is 8.52. The van der Waals surface area contributed by atoms with E-state index in [1.807, 2.05) is 30.3 Å². The molecule has 2 heterocycles. The first-order chi connectivity index (χ1) is 14.9. The topological polar surface area (TPSA) is 93.5 Å². The summed E-state index contributed by atoms with van der Waals surface area (Å²) in [5.74, 6) is -1.26. The molecule has 2 amide bonds.